The first-order chi connectivity index (χ1) is 10.9. The van der Waals surface area contributed by atoms with Crippen molar-refractivity contribution in [1.29, 1.82) is 0 Å². The van der Waals surface area contributed by atoms with Gasteiger partial charge in [0.2, 0.25) is 6.10 Å². The van der Waals surface area contributed by atoms with Crippen molar-refractivity contribution in [3.8, 4) is 5.75 Å². The maximum absolute atomic E-state index is 12.9. The first-order valence-electron chi connectivity index (χ1n) is 7.67. The van der Waals surface area contributed by atoms with E-state index in [1.54, 1.807) is 43.4 Å². The molecule has 1 unspecified atom stereocenters. The molecule has 0 radical (unpaired) electrons. The lowest BCUT2D eigenvalue weighted by molar-refractivity contribution is -0.151. The van der Waals surface area contributed by atoms with Gasteiger partial charge < -0.3 is 19.3 Å². The van der Waals surface area contributed by atoms with Crippen molar-refractivity contribution < 1.29 is 14.6 Å². The minimum Gasteiger partial charge on any atom is -0.478 e. The predicted octanol–water partition coefficient (Wildman–Crippen LogP) is 1.44. The minimum absolute atomic E-state index is 0.214. The van der Waals surface area contributed by atoms with Crippen molar-refractivity contribution in [3.63, 3.8) is 0 Å². The number of hydrogen-bond donors (Lipinski definition) is 1. The molecule has 1 atom stereocenters. The van der Waals surface area contributed by atoms with Gasteiger partial charge in [-0.3, -0.25) is 4.79 Å². The Morgan fingerprint density at radius 3 is 2.74 bits per heavy atom. The van der Waals surface area contributed by atoms with E-state index < -0.39 is 11.7 Å². The third-order valence-electron chi connectivity index (χ3n) is 3.94. The number of hydrogen-bond acceptors (Lipinski definition) is 4. The molecule has 122 valence electrons. The molecule has 0 spiro atoms. The second-order valence-electron chi connectivity index (χ2n) is 6.30. The lowest BCUT2D eigenvalue weighted by atomic mass is 10.00. The molecule has 6 heteroatoms. The Bertz CT molecular complexity index is 676. The number of carbonyl (C=O) groups is 1. The van der Waals surface area contributed by atoms with Crippen molar-refractivity contribution in [1.82, 2.24) is 14.5 Å². The van der Waals surface area contributed by atoms with Gasteiger partial charge >= 0.3 is 0 Å². The Morgan fingerprint density at radius 1 is 1.30 bits per heavy atom. The average Bonchev–Trinajstić information content (AvgIpc) is 2.99. The summed E-state index contributed by atoms with van der Waals surface area (Å²) in [6.45, 7) is 4.93. The largest absolute Gasteiger partial charge is 0.478 e. The monoisotopic (exact) mass is 315 g/mol. The summed E-state index contributed by atoms with van der Waals surface area (Å²) in [5.41, 5.74) is -0.302. The number of imidazole rings is 1. The highest BCUT2D eigenvalue weighted by molar-refractivity contribution is 5.82. The molecule has 1 aliphatic heterocycles. The molecular weight excluding hydrogens is 294 g/mol. The Balaban J connectivity index is 1.79. The molecule has 1 N–H and O–H groups in total. The number of rotatable bonds is 4. The molecule has 2 heterocycles. The molecule has 1 amide bonds. The van der Waals surface area contributed by atoms with Crippen molar-refractivity contribution in [2.75, 3.05) is 6.54 Å². The summed E-state index contributed by atoms with van der Waals surface area (Å²) in [6, 6.07) is 9.09. The summed E-state index contributed by atoms with van der Waals surface area (Å²) >= 11 is 0. The number of benzene rings is 1. The second-order valence-corrected chi connectivity index (χ2v) is 6.30. The average molecular weight is 315 g/mol. The van der Waals surface area contributed by atoms with Gasteiger partial charge in [0.05, 0.1) is 18.6 Å². The molecule has 2 aromatic rings. The predicted molar refractivity (Wildman–Crippen MR) is 84.8 cm³/mol. The summed E-state index contributed by atoms with van der Waals surface area (Å²) in [6.07, 6.45) is 2.57. The lowest BCUT2D eigenvalue weighted by Crippen LogP contribution is -2.54. The Morgan fingerprint density at radius 2 is 2.04 bits per heavy atom. The number of nitrogens with zero attached hydrogens (tertiary/aromatic N) is 3. The fourth-order valence-electron chi connectivity index (χ4n) is 2.67. The third-order valence-corrected chi connectivity index (χ3v) is 3.94. The van der Waals surface area contributed by atoms with Gasteiger partial charge in [-0.2, -0.15) is 0 Å². The molecule has 0 saturated carbocycles. The number of carbonyl (C=O) groups excluding carboxylic acids is 1. The van der Waals surface area contributed by atoms with Gasteiger partial charge in [-0.1, -0.05) is 18.2 Å². The van der Waals surface area contributed by atoms with E-state index in [1.165, 1.54) is 0 Å². The maximum Gasteiger partial charge on any atom is 0.267 e. The van der Waals surface area contributed by atoms with E-state index in [2.05, 4.69) is 4.98 Å². The van der Waals surface area contributed by atoms with Crippen molar-refractivity contribution in [3.05, 3.63) is 48.5 Å². The van der Waals surface area contributed by atoms with Crippen LogP contribution in [0.3, 0.4) is 0 Å². The van der Waals surface area contributed by atoms with E-state index >= 15 is 0 Å². The normalized spacial score (nSPS) is 15.9. The summed E-state index contributed by atoms with van der Waals surface area (Å²) in [5, 5.41) is 10.4. The smallest absolute Gasteiger partial charge is 0.267 e. The first kappa shape index (κ1) is 15.6. The van der Waals surface area contributed by atoms with Crippen LogP contribution in [0.1, 0.15) is 19.5 Å². The van der Waals surface area contributed by atoms with Crippen LogP contribution in [0, 0.1) is 0 Å². The molecular formula is C17H21N3O3. The van der Waals surface area contributed by atoms with Crippen LogP contribution in [0.15, 0.2) is 42.9 Å². The SMILES string of the molecule is CC(C)(O)C(Oc1ccccc1)C(=O)N1CCn2cncc2C1. The summed E-state index contributed by atoms with van der Waals surface area (Å²) in [7, 11) is 0. The zero-order valence-corrected chi connectivity index (χ0v) is 13.3. The van der Waals surface area contributed by atoms with E-state index in [1.807, 2.05) is 22.8 Å². The third kappa shape index (κ3) is 3.37. The highest BCUT2D eigenvalue weighted by Crippen LogP contribution is 2.22. The van der Waals surface area contributed by atoms with Crippen molar-refractivity contribution in [2.45, 2.75) is 38.6 Å². The van der Waals surface area contributed by atoms with E-state index in [-0.39, 0.29) is 5.91 Å². The zero-order valence-electron chi connectivity index (χ0n) is 13.3. The van der Waals surface area contributed by atoms with Crippen molar-refractivity contribution in [2.24, 2.45) is 0 Å². The quantitative estimate of drug-likeness (QED) is 0.927. The van der Waals surface area contributed by atoms with Gasteiger partial charge in [0, 0.05) is 19.3 Å². The minimum atomic E-state index is -1.29. The van der Waals surface area contributed by atoms with Crippen LogP contribution in [0.2, 0.25) is 0 Å². The molecule has 23 heavy (non-hydrogen) atoms. The van der Waals surface area contributed by atoms with Crippen LogP contribution in [-0.4, -0.2) is 43.7 Å². The topological polar surface area (TPSA) is 67.6 Å². The molecule has 0 bridgehead atoms. The molecule has 0 aliphatic carbocycles. The first-order valence-corrected chi connectivity index (χ1v) is 7.67. The van der Waals surface area contributed by atoms with Crippen LogP contribution in [0.25, 0.3) is 0 Å². The highest BCUT2D eigenvalue weighted by atomic mass is 16.5. The zero-order chi connectivity index (χ0) is 16.4. The van der Waals surface area contributed by atoms with E-state index in [0.29, 0.717) is 25.4 Å². The molecule has 1 aromatic heterocycles. The van der Waals surface area contributed by atoms with Gasteiger partial charge in [0.1, 0.15) is 11.4 Å². The number of fused-ring (bicyclic) bond motifs is 1. The molecule has 0 saturated heterocycles. The van der Waals surface area contributed by atoms with Crippen molar-refractivity contribution >= 4 is 5.91 Å². The van der Waals surface area contributed by atoms with Gasteiger partial charge in [-0.15, -0.1) is 0 Å². The Hall–Kier alpha value is -2.34. The number of aliphatic hydroxyl groups is 1. The summed E-state index contributed by atoms with van der Waals surface area (Å²) in [4.78, 5) is 18.7. The summed E-state index contributed by atoms with van der Waals surface area (Å²) < 4.78 is 7.83. The van der Waals surface area contributed by atoms with Gasteiger partial charge in [0.15, 0.2) is 0 Å². The molecule has 0 fully saturated rings. The van der Waals surface area contributed by atoms with E-state index in [9.17, 15) is 9.90 Å². The van der Waals surface area contributed by atoms with Crippen LogP contribution in [0.4, 0.5) is 0 Å². The standard InChI is InChI=1S/C17H21N3O3/c1-17(2,22)15(23-14-6-4-3-5-7-14)16(21)19-8-9-20-12-18-10-13(20)11-19/h3-7,10,12,15,22H,8-9,11H2,1-2H3. The Kier molecular flexibility index (Phi) is 4.09. The second kappa shape index (κ2) is 6.04. The lowest BCUT2D eigenvalue weighted by Gasteiger charge is -2.35. The molecule has 1 aliphatic rings. The molecule has 3 rings (SSSR count). The van der Waals surface area contributed by atoms with Crippen LogP contribution >= 0.6 is 0 Å². The fraction of sp³-hybridized carbons (Fsp3) is 0.412. The number of ether oxygens (including phenoxy) is 1. The summed E-state index contributed by atoms with van der Waals surface area (Å²) in [5.74, 6) is 0.351. The highest BCUT2D eigenvalue weighted by Gasteiger charge is 2.39. The van der Waals surface area contributed by atoms with Gasteiger partial charge in [-0.25, -0.2) is 4.98 Å². The molecule has 6 nitrogen and oxygen atoms in total. The Labute approximate surface area is 135 Å². The van der Waals surface area contributed by atoms with E-state index in [0.717, 1.165) is 5.69 Å². The van der Waals surface area contributed by atoms with Gasteiger partial charge in [-0.05, 0) is 26.0 Å². The molecule has 1 aromatic carbocycles. The van der Waals surface area contributed by atoms with Crippen LogP contribution < -0.4 is 4.74 Å². The van der Waals surface area contributed by atoms with E-state index in [4.69, 9.17) is 4.74 Å². The number of para-hydroxylation sites is 1. The van der Waals surface area contributed by atoms with Crippen LogP contribution in [0.5, 0.6) is 5.75 Å². The maximum atomic E-state index is 12.9. The fourth-order valence-corrected chi connectivity index (χ4v) is 2.67. The van der Waals surface area contributed by atoms with Gasteiger partial charge in [0.25, 0.3) is 5.91 Å². The number of amides is 1. The van der Waals surface area contributed by atoms with Crippen LogP contribution in [-0.2, 0) is 17.9 Å². The number of aromatic nitrogens is 2.